The van der Waals surface area contributed by atoms with Crippen molar-refractivity contribution < 1.29 is 14.6 Å². The van der Waals surface area contributed by atoms with Gasteiger partial charge in [-0.2, -0.15) is 0 Å². The third-order valence-corrected chi connectivity index (χ3v) is 6.73. The van der Waals surface area contributed by atoms with Crippen LogP contribution in [0.2, 0.25) is 0 Å². The van der Waals surface area contributed by atoms with Crippen LogP contribution >= 0.6 is 0 Å². The maximum Gasteiger partial charge on any atom is 0.160 e. The second-order valence-corrected chi connectivity index (χ2v) is 7.56. The van der Waals surface area contributed by atoms with Gasteiger partial charge >= 0.3 is 0 Å². The van der Waals surface area contributed by atoms with Gasteiger partial charge in [0.2, 0.25) is 0 Å². The van der Waals surface area contributed by atoms with Gasteiger partial charge in [0.1, 0.15) is 5.78 Å². The number of ketones is 1. The van der Waals surface area contributed by atoms with Gasteiger partial charge in [-0.25, -0.2) is 0 Å². The summed E-state index contributed by atoms with van der Waals surface area (Å²) >= 11 is 0. The highest BCUT2D eigenvalue weighted by Gasteiger charge is 2.54. The lowest BCUT2D eigenvalue weighted by atomic mass is 9.55. The largest absolute Gasteiger partial charge is 0.504 e. The Morgan fingerprint density at radius 2 is 2.05 bits per heavy atom. The van der Waals surface area contributed by atoms with Crippen molar-refractivity contribution in [3.05, 3.63) is 23.3 Å². The van der Waals surface area contributed by atoms with Gasteiger partial charge in [0.15, 0.2) is 11.5 Å². The Balaban J connectivity index is 1.74. The molecule has 0 radical (unpaired) electrons. The third-order valence-electron chi connectivity index (χ3n) is 6.73. The monoisotopic (exact) mass is 300 g/mol. The van der Waals surface area contributed by atoms with Crippen molar-refractivity contribution in [2.75, 3.05) is 7.11 Å². The molecule has 2 fully saturated rings. The smallest absolute Gasteiger partial charge is 0.160 e. The number of fused-ring (bicyclic) bond motifs is 5. The molecule has 0 bridgehead atoms. The molecule has 3 aliphatic rings. The summed E-state index contributed by atoms with van der Waals surface area (Å²) in [7, 11) is 1.61. The van der Waals surface area contributed by atoms with Crippen molar-refractivity contribution in [2.24, 2.45) is 17.3 Å². The van der Waals surface area contributed by atoms with Gasteiger partial charge in [-0.05, 0) is 73.1 Å². The molecule has 1 aromatic rings. The van der Waals surface area contributed by atoms with Crippen LogP contribution in [0, 0.1) is 17.3 Å². The molecule has 4 rings (SSSR count). The number of aryl methyl sites for hydroxylation is 1. The number of ether oxygens (including phenoxy) is 1. The first-order chi connectivity index (χ1) is 10.5. The quantitative estimate of drug-likeness (QED) is 0.857. The van der Waals surface area contributed by atoms with E-state index in [1.54, 1.807) is 7.11 Å². The number of carbonyl (C=O) groups excluding carboxylic acids is 1. The predicted octanol–water partition coefficient (Wildman–Crippen LogP) is 3.83. The molecule has 0 saturated heterocycles. The van der Waals surface area contributed by atoms with Gasteiger partial charge < -0.3 is 9.84 Å². The second kappa shape index (κ2) is 4.74. The zero-order chi connectivity index (χ0) is 15.5. The lowest BCUT2D eigenvalue weighted by molar-refractivity contribution is -0.129. The van der Waals surface area contributed by atoms with Crippen molar-refractivity contribution in [3.8, 4) is 11.5 Å². The molecule has 3 nitrogen and oxygen atoms in total. The van der Waals surface area contributed by atoms with Crippen LogP contribution in [-0.2, 0) is 11.2 Å². The number of Topliss-reactive ketones (excluding diaryl/α,β-unsaturated/α-hetero) is 1. The van der Waals surface area contributed by atoms with Gasteiger partial charge in [-0.3, -0.25) is 4.79 Å². The number of phenols is 1. The Hall–Kier alpha value is -1.51. The minimum absolute atomic E-state index is 0.0698. The molecular weight excluding hydrogens is 276 g/mol. The minimum Gasteiger partial charge on any atom is -0.504 e. The van der Waals surface area contributed by atoms with Crippen LogP contribution in [0.1, 0.15) is 56.1 Å². The van der Waals surface area contributed by atoms with Gasteiger partial charge in [0.05, 0.1) is 7.11 Å². The molecule has 0 aliphatic heterocycles. The van der Waals surface area contributed by atoms with Crippen LogP contribution in [0.25, 0.3) is 0 Å². The van der Waals surface area contributed by atoms with Crippen molar-refractivity contribution in [1.82, 2.24) is 0 Å². The van der Waals surface area contributed by atoms with Crippen LogP contribution < -0.4 is 4.74 Å². The molecule has 2 saturated carbocycles. The molecule has 118 valence electrons. The number of benzene rings is 1. The Labute approximate surface area is 131 Å². The first-order valence-corrected chi connectivity index (χ1v) is 8.47. The summed E-state index contributed by atoms with van der Waals surface area (Å²) in [5.41, 5.74) is 2.56. The van der Waals surface area contributed by atoms with Gasteiger partial charge in [0.25, 0.3) is 0 Å². The summed E-state index contributed by atoms with van der Waals surface area (Å²) in [6.07, 6.45) is 6.10. The first-order valence-electron chi connectivity index (χ1n) is 8.47. The van der Waals surface area contributed by atoms with E-state index in [9.17, 15) is 9.90 Å². The highest BCUT2D eigenvalue weighted by molar-refractivity contribution is 5.87. The van der Waals surface area contributed by atoms with Crippen molar-refractivity contribution in [2.45, 2.75) is 51.4 Å². The minimum atomic E-state index is -0.0698. The molecule has 1 N–H and O–H groups in total. The Morgan fingerprint density at radius 1 is 1.23 bits per heavy atom. The second-order valence-electron chi connectivity index (χ2n) is 7.56. The number of aromatic hydroxyl groups is 1. The number of rotatable bonds is 1. The van der Waals surface area contributed by atoms with E-state index in [-0.39, 0.29) is 11.2 Å². The maximum atomic E-state index is 12.3. The molecular formula is C19H24O3. The van der Waals surface area contributed by atoms with E-state index < -0.39 is 0 Å². The van der Waals surface area contributed by atoms with E-state index in [2.05, 4.69) is 6.92 Å². The fourth-order valence-electron chi connectivity index (χ4n) is 5.52. The average Bonchev–Trinajstić information content (AvgIpc) is 2.82. The molecule has 3 heteroatoms. The number of carbonyl (C=O) groups is 1. The SMILES string of the molecule is COc1cc2c(cc1O)CCC1[C@@H]2CC[C@]2(C)C(=O)CC[C@@H]12. The van der Waals surface area contributed by atoms with E-state index in [0.717, 1.165) is 38.5 Å². The molecule has 22 heavy (non-hydrogen) atoms. The summed E-state index contributed by atoms with van der Waals surface area (Å²) in [5.74, 6) is 3.01. The van der Waals surface area contributed by atoms with Crippen LogP contribution in [0.4, 0.5) is 0 Å². The molecule has 1 aromatic carbocycles. The van der Waals surface area contributed by atoms with Crippen LogP contribution in [-0.4, -0.2) is 18.0 Å². The summed E-state index contributed by atoms with van der Waals surface area (Å²) in [6.45, 7) is 2.20. The van der Waals surface area contributed by atoms with Crippen LogP contribution in [0.3, 0.4) is 0 Å². The molecule has 0 aromatic heterocycles. The number of methoxy groups -OCH3 is 1. The van der Waals surface area contributed by atoms with Gasteiger partial charge in [0, 0.05) is 11.8 Å². The third kappa shape index (κ3) is 1.77. The molecule has 0 amide bonds. The molecule has 0 spiro atoms. The number of phenolic OH excluding ortho intramolecular Hbond substituents is 1. The lowest BCUT2D eigenvalue weighted by Gasteiger charge is -2.48. The summed E-state index contributed by atoms with van der Waals surface area (Å²) in [4.78, 5) is 12.3. The standard InChI is InChI=1S/C19H24O3/c1-19-8-7-12-13(15(19)5-6-18(19)21)4-3-11-9-16(20)17(22-2)10-14(11)12/h9-10,12-13,15,20H,3-8H2,1-2H3/t12-,13?,15-,19-/m0/s1. The topological polar surface area (TPSA) is 46.5 Å². The molecule has 4 atom stereocenters. The highest BCUT2D eigenvalue weighted by Crippen LogP contribution is 2.60. The van der Waals surface area contributed by atoms with Crippen molar-refractivity contribution >= 4 is 5.78 Å². The fourth-order valence-corrected chi connectivity index (χ4v) is 5.52. The summed E-state index contributed by atoms with van der Waals surface area (Å²) < 4.78 is 5.31. The fraction of sp³-hybridized carbons (Fsp3) is 0.632. The highest BCUT2D eigenvalue weighted by atomic mass is 16.5. The van der Waals surface area contributed by atoms with Crippen LogP contribution in [0.5, 0.6) is 11.5 Å². The summed E-state index contributed by atoms with van der Waals surface area (Å²) in [6, 6.07) is 3.93. The number of hydrogen-bond donors (Lipinski definition) is 1. The Kier molecular flexibility index (Phi) is 3.04. The molecule has 3 aliphatic carbocycles. The van der Waals surface area contributed by atoms with E-state index in [1.165, 1.54) is 11.1 Å². The van der Waals surface area contributed by atoms with Crippen molar-refractivity contribution in [1.29, 1.82) is 0 Å². The van der Waals surface area contributed by atoms with E-state index in [1.807, 2.05) is 12.1 Å². The van der Waals surface area contributed by atoms with E-state index >= 15 is 0 Å². The van der Waals surface area contributed by atoms with Crippen molar-refractivity contribution in [3.63, 3.8) is 0 Å². The van der Waals surface area contributed by atoms with Crippen LogP contribution in [0.15, 0.2) is 12.1 Å². The zero-order valence-electron chi connectivity index (χ0n) is 13.4. The Bertz CT molecular complexity index is 636. The molecule has 0 heterocycles. The lowest BCUT2D eigenvalue weighted by Crippen LogP contribution is -2.42. The average molecular weight is 300 g/mol. The normalized spacial score (nSPS) is 36.5. The summed E-state index contributed by atoms with van der Waals surface area (Å²) in [5, 5.41) is 10.0. The Morgan fingerprint density at radius 3 is 2.82 bits per heavy atom. The molecule has 1 unspecified atom stereocenters. The first kappa shape index (κ1) is 14.1. The predicted molar refractivity (Wildman–Crippen MR) is 84.3 cm³/mol. The van der Waals surface area contributed by atoms with E-state index in [4.69, 9.17) is 4.74 Å². The maximum absolute atomic E-state index is 12.3. The zero-order valence-corrected chi connectivity index (χ0v) is 13.4. The van der Waals surface area contributed by atoms with Gasteiger partial charge in [-0.1, -0.05) is 6.92 Å². The van der Waals surface area contributed by atoms with E-state index in [0.29, 0.717) is 29.3 Å². The van der Waals surface area contributed by atoms with Gasteiger partial charge in [-0.15, -0.1) is 0 Å². The number of hydrogen-bond acceptors (Lipinski definition) is 3.